The number of nitrogens with zero attached hydrogens (tertiary/aromatic N) is 2. The van der Waals surface area contributed by atoms with Crippen molar-refractivity contribution in [1.82, 2.24) is 9.21 Å². The molecule has 1 aromatic carbocycles. The molecule has 1 saturated heterocycles. The molecule has 0 saturated carbocycles. The van der Waals surface area contributed by atoms with Crippen molar-refractivity contribution in [2.75, 3.05) is 46.2 Å². The minimum Gasteiger partial charge on any atom is -0.497 e. The van der Waals surface area contributed by atoms with Crippen molar-refractivity contribution in [3.63, 3.8) is 0 Å². The molecule has 134 valence electrons. The van der Waals surface area contributed by atoms with Gasteiger partial charge in [0.1, 0.15) is 11.5 Å². The first kappa shape index (κ1) is 18.5. The smallest absolute Gasteiger partial charge is 0.227 e. The Bertz CT molecular complexity index is 682. The van der Waals surface area contributed by atoms with Gasteiger partial charge in [-0.05, 0) is 13.0 Å². The third-order valence-corrected chi connectivity index (χ3v) is 6.07. The minimum absolute atomic E-state index is 0.0352. The van der Waals surface area contributed by atoms with E-state index in [1.807, 2.05) is 6.07 Å². The topological polar surface area (TPSA) is 76.2 Å². The van der Waals surface area contributed by atoms with Gasteiger partial charge in [0.2, 0.25) is 15.9 Å². The number of methoxy groups -OCH3 is 2. The van der Waals surface area contributed by atoms with Gasteiger partial charge in [-0.25, -0.2) is 8.42 Å². The van der Waals surface area contributed by atoms with E-state index in [0.717, 1.165) is 5.56 Å². The number of piperazine rings is 1. The first-order valence-electron chi connectivity index (χ1n) is 7.87. The number of amides is 1. The highest BCUT2D eigenvalue weighted by Gasteiger charge is 2.27. The van der Waals surface area contributed by atoms with E-state index in [4.69, 9.17) is 9.47 Å². The highest BCUT2D eigenvalue weighted by molar-refractivity contribution is 7.89. The summed E-state index contributed by atoms with van der Waals surface area (Å²) in [6.45, 7) is 3.15. The molecule has 7 nitrogen and oxygen atoms in total. The maximum Gasteiger partial charge on any atom is 0.227 e. The van der Waals surface area contributed by atoms with Gasteiger partial charge in [0.25, 0.3) is 0 Å². The fourth-order valence-corrected chi connectivity index (χ4v) is 3.76. The normalized spacial score (nSPS) is 16.0. The van der Waals surface area contributed by atoms with E-state index in [1.165, 1.54) is 4.31 Å². The number of carbonyl (C=O) groups is 1. The van der Waals surface area contributed by atoms with Crippen molar-refractivity contribution in [2.24, 2.45) is 0 Å². The highest BCUT2D eigenvalue weighted by atomic mass is 32.2. The number of rotatable bonds is 6. The SMILES string of the molecule is CCS(=O)(=O)N1CCN(C(=O)Cc2ccc(OC)cc2OC)CC1. The van der Waals surface area contributed by atoms with Crippen LogP contribution in [-0.2, 0) is 21.2 Å². The van der Waals surface area contributed by atoms with Crippen LogP contribution in [0, 0.1) is 0 Å². The molecule has 1 aromatic rings. The second-order valence-electron chi connectivity index (χ2n) is 5.53. The zero-order valence-electron chi connectivity index (χ0n) is 14.3. The van der Waals surface area contributed by atoms with Crippen molar-refractivity contribution in [1.29, 1.82) is 0 Å². The van der Waals surface area contributed by atoms with Crippen molar-refractivity contribution in [3.8, 4) is 11.5 Å². The van der Waals surface area contributed by atoms with Gasteiger partial charge in [-0.1, -0.05) is 6.07 Å². The summed E-state index contributed by atoms with van der Waals surface area (Å²) in [5.74, 6) is 1.33. The van der Waals surface area contributed by atoms with Crippen LogP contribution in [0.15, 0.2) is 18.2 Å². The summed E-state index contributed by atoms with van der Waals surface area (Å²) in [5, 5.41) is 0. The minimum atomic E-state index is -3.19. The molecule has 1 amide bonds. The molecular formula is C16H24N2O5S. The van der Waals surface area contributed by atoms with Crippen LogP contribution in [0.2, 0.25) is 0 Å². The van der Waals surface area contributed by atoms with Crippen molar-refractivity contribution in [3.05, 3.63) is 23.8 Å². The average molecular weight is 356 g/mol. The summed E-state index contributed by atoms with van der Waals surface area (Å²) < 4.78 is 35.6. The Labute approximate surface area is 143 Å². The lowest BCUT2D eigenvalue weighted by Gasteiger charge is -2.34. The van der Waals surface area contributed by atoms with Gasteiger partial charge in [0, 0.05) is 37.8 Å². The number of ether oxygens (including phenoxy) is 2. The van der Waals surface area contributed by atoms with Crippen molar-refractivity contribution >= 4 is 15.9 Å². The summed E-state index contributed by atoms with van der Waals surface area (Å²) in [6, 6.07) is 5.35. The Morgan fingerprint density at radius 3 is 2.33 bits per heavy atom. The van der Waals surface area contributed by atoms with E-state index >= 15 is 0 Å². The Morgan fingerprint density at radius 1 is 1.12 bits per heavy atom. The standard InChI is InChI=1S/C16H24N2O5S/c1-4-24(20,21)18-9-7-17(8-10-18)16(19)11-13-5-6-14(22-2)12-15(13)23-3/h5-6,12H,4,7-11H2,1-3H3. The molecule has 0 aromatic heterocycles. The molecule has 24 heavy (non-hydrogen) atoms. The predicted molar refractivity (Wildman–Crippen MR) is 90.9 cm³/mol. The Morgan fingerprint density at radius 2 is 1.79 bits per heavy atom. The van der Waals surface area contributed by atoms with Crippen LogP contribution >= 0.6 is 0 Å². The number of benzene rings is 1. The number of sulfonamides is 1. The summed E-state index contributed by atoms with van der Waals surface area (Å²) >= 11 is 0. The first-order valence-corrected chi connectivity index (χ1v) is 9.48. The van der Waals surface area contributed by atoms with Crippen LogP contribution in [0.1, 0.15) is 12.5 Å². The maximum atomic E-state index is 12.5. The number of carbonyl (C=O) groups excluding carboxylic acids is 1. The molecule has 0 radical (unpaired) electrons. The van der Waals surface area contributed by atoms with Gasteiger partial charge in [0.15, 0.2) is 0 Å². The third kappa shape index (κ3) is 4.18. The predicted octanol–water partition coefficient (Wildman–Crippen LogP) is 0.740. The lowest BCUT2D eigenvalue weighted by atomic mass is 10.1. The van der Waals surface area contributed by atoms with E-state index in [2.05, 4.69) is 0 Å². The molecule has 0 atom stereocenters. The molecule has 2 rings (SSSR count). The monoisotopic (exact) mass is 356 g/mol. The van der Waals surface area contributed by atoms with E-state index in [1.54, 1.807) is 38.2 Å². The summed E-state index contributed by atoms with van der Waals surface area (Å²) in [6.07, 6.45) is 0.216. The molecule has 1 aliphatic rings. The molecule has 8 heteroatoms. The molecule has 1 heterocycles. The number of hydrogen-bond acceptors (Lipinski definition) is 5. The zero-order valence-corrected chi connectivity index (χ0v) is 15.1. The molecule has 0 unspecified atom stereocenters. The molecular weight excluding hydrogens is 332 g/mol. The van der Waals surface area contributed by atoms with Gasteiger partial charge in [-0.15, -0.1) is 0 Å². The van der Waals surface area contributed by atoms with Crippen LogP contribution < -0.4 is 9.47 Å². The van der Waals surface area contributed by atoms with Crippen LogP contribution in [-0.4, -0.2) is 69.7 Å². The fraction of sp³-hybridized carbons (Fsp3) is 0.562. The van der Waals surface area contributed by atoms with Gasteiger partial charge >= 0.3 is 0 Å². The Kier molecular flexibility index (Phi) is 6.06. The molecule has 0 N–H and O–H groups in total. The lowest BCUT2D eigenvalue weighted by molar-refractivity contribution is -0.131. The number of hydrogen-bond donors (Lipinski definition) is 0. The highest BCUT2D eigenvalue weighted by Crippen LogP contribution is 2.25. The van der Waals surface area contributed by atoms with Gasteiger partial charge in [-0.3, -0.25) is 4.79 Å². The van der Waals surface area contributed by atoms with Crippen LogP contribution in [0.5, 0.6) is 11.5 Å². The van der Waals surface area contributed by atoms with E-state index < -0.39 is 10.0 Å². The fourth-order valence-electron chi connectivity index (χ4n) is 2.67. The molecule has 0 bridgehead atoms. The molecule has 1 aliphatic heterocycles. The van der Waals surface area contributed by atoms with E-state index in [-0.39, 0.29) is 18.1 Å². The third-order valence-electron chi connectivity index (χ3n) is 4.19. The Balaban J connectivity index is 1.99. The van der Waals surface area contributed by atoms with E-state index in [0.29, 0.717) is 37.7 Å². The first-order chi connectivity index (χ1) is 11.4. The van der Waals surface area contributed by atoms with Crippen LogP contribution in [0.4, 0.5) is 0 Å². The van der Waals surface area contributed by atoms with Crippen molar-refractivity contribution in [2.45, 2.75) is 13.3 Å². The largest absolute Gasteiger partial charge is 0.497 e. The molecule has 0 spiro atoms. The van der Waals surface area contributed by atoms with Crippen molar-refractivity contribution < 1.29 is 22.7 Å². The lowest BCUT2D eigenvalue weighted by Crippen LogP contribution is -2.51. The quantitative estimate of drug-likeness (QED) is 0.751. The summed E-state index contributed by atoms with van der Waals surface area (Å²) in [5.41, 5.74) is 0.784. The van der Waals surface area contributed by atoms with Gasteiger partial charge in [-0.2, -0.15) is 4.31 Å². The summed E-state index contributed by atoms with van der Waals surface area (Å²) in [4.78, 5) is 14.2. The second kappa shape index (κ2) is 7.85. The Hall–Kier alpha value is -1.80. The summed E-state index contributed by atoms with van der Waals surface area (Å²) in [7, 11) is -0.0606. The van der Waals surface area contributed by atoms with Crippen LogP contribution in [0.25, 0.3) is 0 Å². The van der Waals surface area contributed by atoms with Crippen LogP contribution in [0.3, 0.4) is 0 Å². The average Bonchev–Trinajstić information content (AvgIpc) is 2.62. The second-order valence-corrected chi connectivity index (χ2v) is 7.79. The zero-order chi connectivity index (χ0) is 17.7. The molecule has 0 aliphatic carbocycles. The molecule has 1 fully saturated rings. The van der Waals surface area contributed by atoms with E-state index in [9.17, 15) is 13.2 Å². The van der Waals surface area contributed by atoms with Gasteiger partial charge in [0.05, 0.1) is 26.4 Å². The van der Waals surface area contributed by atoms with Gasteiger partial charge < -0.3 is 14.4 Å². The maximum absolute atomic E-state index is 12.5.